The molecule has 1 aliphatic rings. The van der Waals surface area contributed by atoms with Crippen LogP contribution in [0.4, 0.5) is 0 Å². The molecule has 2 rings (SSSR count). The number of aliphatic hydroxyl groups is 1. The van der Waals surface area contributed by atoms with Crippen LogP contribution < -0.4 is 0 Å². The van der Waals surface area contributed by atoms with Crippen LogP contribution in [-0.2, 0) is 0 Å². The van der Waals surface area contributed by atoms with Crippen LogP contribution in [0.2, 0.25) is 0 Å². The van der Waals surface area contributed by atoms with E-state index >= 15 is 0 Å². The first-order valence-electron chi connectivity index (χ1n) is 6.78. The second-order valence-corrected chi connectivity index (χ2v) is 6.37. The van der Waals surface area contributed by atoms with E-state index in [0.29, 0.717) is 11.8 Å². The van der Waals surface area contributed by atoms with Gasteiger partial charge >= 0.3 is 0 Å². The fourth-order valence-electron chi connectivity index (χ4n) is 2.65. The van der Waals surface area contributed by atoms with Crippen molar-refractivity contribution in [1.82, 2.24) is 4.98 Å². The van der Waals surface area contributed by atoms with Crippen LogP contribution in [0.25, 0.3) is 0 Å². The van der Waals surface area contributed by atoms with E-state index < -0.39 is 0 Å². The van der Waals surface area contributed by atoms with Gasteiger partial charge in [-0.15, -0.1) is 11.3 Å². The van der Waals surface area contributed by atoms with Crippen molar-refractivity contribution < 1.29 is 5.11 Å². The van der Waals surface area contributed by atoms with Gasteiger partial charge < -0.3 is 5.11 Å². The molecule has 1 aliphatic carbocycles. The quantitative estimate of drug-likeness (QED) is 0.882. The van der Waals surface area contributed by atoms with Crippen LogP contribution in [0.3, 0.4) is 0 Å². The van der Waals surface area contributed by atoms with Crippen molar-refractivity contribution >= 4 is 11.3 Å². The molecular weight excluding hydrogens is 230 g/mol. The summed E-state index contributed by atoms with van der Waals surface area (Å²) in [5, 5.41) is 12.9. The van der Waals surface area contributed by atoms with Crippen molar-refractivity contribution in [2.45, 2.75) is 57.8 Å². The minimum Gasteiger partial charge on any atom is -0.396 e. The number of rotatable bonds is 4. The Morgan fingerprint density at radius 1 is 1.35 bits per heavy atom. The third-order valence-electron chi connectivity index (χ3n) is 3.88. The molecule has 1 fully saturated rings. The van der Waals surface area contributed by atoms with Crippen molar-refractivity contribution in [2.24, 2.45) is 5.92 Å². The lowest BCUT2D eigenvalue weighted by atomic mass is 9.89. The van der Waals surface area contributed by atoms with E-state index in [2.05, 4.69) is 19.2 Å². The summed E-state index contributed by atoms with van der Waals surface area (Å²) in [6, 6.07) is 0. The van der Waals surface area contributed by atoms with Gasteiger partial charge in [-0.05, 0) is 18.8 Å². The molecule has 1 heterocycles. The predicted molar refractivity (Wildman–Crippen MR) is 72.6 cm³/mol. The molecule has 1 atom stereocenters. The summed E-state index contributed by atoms with van der Waals surface area (Å²) in [7, 11) is 0. The summed E-state index contributed by atoms with van der Waals surface area (Å²) in [5.74, 6) is 1.36. The highest BCUT2D eigenvalue weighted by Gasteiger charge is 2.22. The molecule has 2 nitrogen and oxygen atoms in total. The van der Waals surface area contributed by atoms with Gasteiger partial charge in [0.2, 0.25) is 0 Å². The van der Waals surface area contributed by atoms with E-state index in [1.54, 1.807) is 11.3 Å². The average Bonchev–Trinajstić information content (AvgIpc) is 2.80. The largest absolute Gasteiger partial charge is 0.396 e. The van der Waals surface area contributed by atoms with Crippen LogP contribution in [0.1, 0.15) is 68.5 Å². The van der Waals surface area contributed by atoms with Crippen molar-refractivity contribution in [3.8, 4) is 0 Å². The number of hydrogen-bond acceptors (Lipinski definition) is 3. The Balaban J connectivity index is 2.08. The van der Waals surface area contributed by atoms with E-state index in [0.717, 1.165) is 5.69 Å². The summed E-state index contributed by atoms with van der Waals surface area (Å²) in [4.78, 5) is 4.78. The standard InChI is InChI=1S/C14H23NOS/c1-10(2)12(8-16)13-9-17-14(15-13)11-6-4-3-5-7-11/h9-12,16H,3-8H2,1-2H3. The molecule has 0 aliphatic heterocycles. The normalized spacial score (nSPS) is 19.8. The third-order valence-corrected chi connectivity index (χ3v) is 4.90. The van der Waals surface area contributed by atoms with E-state index in [9.17, 15) is 5.11 Å². The van der Waals surface area contributed by atoms with Gasteiger partial charge in [0.15, 0.2) is 0 Å². The number of aromatic nitrogens is 1. The maximum atomic E-state index is 9.43. The van der Waals surface area contributed by atoms with Crippen molar-refractivity contribution in [2.75, 3.05) is 6.61 Å². The summed E-state index contributed by atoms with van der Waals surface area (Å²) in [6.07, 6.45) is 6.71. The zero-order valence-corrected chi connectivity index (χ0v) is 11.7. The first-order chi connectivity index (χ1) is 8.22. The Hall–Kier alpha value is -0.410. The molecular formula is C14H23NOS. The van der Waals surface area contributed by atoms with E-state index in [1.807, 2.05) is 0 Å². The summed E-state index contributed by atoms with van der Waals surface area (Å²) in [6.45, 7) is 4.52. The monoisotopic (exact) mass is 253 g/mol. The molecule has 96 valence electrons. The lowest BCUT2D eigenvalue weighted by molar-refractivity contribution is 0.235. The van der Waals surface area contributed by atoms with Crippen LogP contribution in [-0.4, -0.2) is 16.7 Å². The van der Waals surface area contributed by atoms with Gasteiger partial charge in [-0.1, -0.05) is 33.1 Å². The molecule has 3 heteroatoms. The Labute approximate surface area is 108 Å². The first-order valence-corrected chi connectivity index (χ1v) is 7.66. The number of aliphatic hydroxyl groups excluding tert-OH is 1. The lowest BCUT2D eigenvalue weighted by Gasteiger charge is -2.19. The Bertz CT molecular complexity index is 342. The summed E-state index contributed by atoms with van der Waals surface area (Å²) < 4.78 is 0. The molecule has 0 aromatic carbocycles. The van der Waals surface area contributed by atoms with Crippen molar-refractivity contribution in [3.05, 3.63) is 16.1 Å². The highest BCUT2D eigenvalue weighted by atomic mass is 32.1. The molecule has 0 bridgehead atoms. The van der Waals surface area contributed by atoms with Crippen molar-refractivity contribution in [1.29, 1.82) is 0 Å². The number of hydrogen-bond donors (Lipinski definition) is 1. The second kappa shape index (κ2) is 5.96. The smallest absolute Gasteiger partial charge is 0.0959 e. The fourth-order valence-corrected chi connectivity index (χ4v) is 3.71. The average molecular weight is 253 g/mol. The summed E-state index contributed by atoms with van der Waals surface area (Å²) in [5.41, 5.74) is 1.10. The molecule has 1 unspecified atom stereocenters. The maximum absolute atomic E-state index is 9.43. The molecule has 0 radical (unpaired) electrons. The Morgan fingerprint density at radius 3 is 2.65 bits per heavy atom. The molecule has 1 aromatic rings. The van der Waals surface area contributed by atoms with Gasteiger partial charge in [-0.2, -0.15) is 0 Å². The minimum atomic E-state index is 0.212. The van der Waals surface area contributed by atoms with Gasteiger partial charge in [-0.25, -0.2) is 4.98 Å². The zero-order chi connectivity index (χ0) is 12.3. The third kappa shape index (κ3) is 3.08. The van der Waals surface area contributed by atoms with Crippen LogP contribution in [0.5, 0.6) is 0 Å². The van der Waals surface area contributed by atoms with Crippen LogP contribution in [0.15, 0.2) is 5.38 Å². The maximum Gasteiger partial charge on any atom is 0.0959 e. The highest BCUT2D eigenvalue weighted by molar-refractivity contribution is 7.09. The van der Waals surface area contributed by atoms with Crippen LogP contribution >= 0.6 is 11.3 Å². The highest BCUT2D eigenvalue weighted by Crippen LogP contribution is 2.36. The molecule has 0 spiro atoms. The molecule has 1 saturated carbocycles. The zero-order valence-electron chi connectivity index (χ0n) is 10.9. The Kier molecular flexibility index (Phi) is 4.57. The van der Waals surface area contributed by atoms with E-state index in [-0.39, 0.29) is 12.5 Å². The van der Waals surface area contributed by atoms with E-state index in [4.69, 9.17) is 4.98 Å². The fraction of sp³-hybridized carbons (Fsp3) is 0.786. The molecule has 1 N–H and O–H groups in total. The Morgan fingerprint density at radius 2 is 2.06 bits per heavy atom. The molecule has 1 aromatic heterocycles. The molecule has 0 saturated heterocycles. The first kappa shape index (κ1) is 13.0. The predicted octanol–water partition coefficient (Wildman–Crippen LogP) is 3.92. The van der Waals surface area contributed by atoms with Gasteiger partial charge in [-0.3, -0.25) is 0 Å². The van der Waals surface area contributed by atoms with Crippen molar-refractivity contribution in [3.63, 3.8) is 0 Å². The SMILES string of the molecule is CC(C)C(CO)c1csc(C2CCCCC2)n1. The molecule has 17 heavy (non-hydrogen) atoms. The number of thiazole rings is 1. The summed E-state index contributed by atoms with van der Waals surface area (Å²) >= 11 is 1.79. The van der Waals surface area contributed by atoms with Gasteiger partial charge in [0, 0.05) is 17.2 Å². The van der Waals surface area contributed by atoms with Crippen LogP contribution in [0, 0.1) is 5.92 Å². The van der Waals surface area contributed by atoms with E-state index in [1.165, 1.54) is 37.1 Å². The van der Waals surface area contributed by atoms with Gasteiger partial charge in [0.1, 0.15) is 0 Å². The lowest BCUT2D eigenvalue weighted by Crippen LogP contribution is -2.12. The van der Waals surface area contributed by atoms with Gasteiger partial charge in [0.05, 0.1) is 17.3 Å². The van der Waals surface area contributed by atoms with Gasteiger partial charge in [0.25, 0.3) is 0 Å². The topological polar surface area (TPSA) is 33.1 Å². The minimum absolute atomic E-state index is 0.212. The number of nitrogens with zero attached hydrogens (tertiary/aromatic N) is 1. The molecule has 0 amide bonds. The second-order valence-electron chi connectivity index (χ2n) is 5.48.